The van der Waals surface area contributed by atoms with Crippen molar-refractivity contribution in [2.75, 3.05) is 25.4 Å². The summed E-state index contributed by atoms with van der Waals surface area (Å²) in [4.78, 5) is 14.3. The Morgan fingerprint density at radius 2 is 1.93 bits per heavy atom. The van der Waals surface area contributed by atoms with Crippen LogP contribution in [0.3, 0.4) is 0 Å². The number of aromatic nitrogens is 3. The van der Waals surface area contributed by atoms with Crippen LogP contribution in [0.1, 0.15) is 38.4 Å². The molecule has 1 amide bonds. The summed E-state index contributed by atoms with van der Waals surface area (Å²) in [6.07, 6.45) is 4.57. The summed E-state index contributed by atoms with van der Waals surface area (Å²) in [5.74, 6) is 0.800. The van der Waals surface area contributed by atoms with E-state index in [1.165, 1.54) is 43.2 Å². The van der Waals surface area contributed by atoms with E-state index in [1.807, 2.05) is 11.5 Å². The Balaban J connectivity index is 1.79. The lowest BCUT2D eigenvalue weighted by molar-refractivity contribution is -0.118. The molecule has 0 atom stereocenters. The maximum absolute atomic E-state index is 13.4. The van der Waals surface area contributed by atoms with Gasteiger partial charge in [0.2, 0.25) is 5.91 Å². The van der Waals surface area contributed by atoms with Crippen LogP contribution in [-0.2, 0) is 11.3 Å². The lowest BCUT2D eigenvalue weighted by Gasteiger charge is -2.26. The third kappa shape index (κ3) is 5.52. The number of nitrogens with zero attached hydrogens (tertiary/aromatic N) is 4. The van der Waals surface area contributed by atoms with Gasteiger partial charge >= 0.3 is 0 Å². The topological polar surface area (TPSA) is 63.1 Å². The van der Waals surface area contributed by atoms with Crippen LogP contribution in [0.5, 0.6) is 0 Å². The Hall–Kier alpha value is -1.93. The van der Waals surface area contributed by atoms with Gasteiger partial charge in [0.25, 0.3) is 0 Å². The van der Waals surface area contributed by atoms with Crippen LogP contribution in [0.25, 0.3) is 5.69 Å². The fraction of sp³-hybridized carbons (Fsp3) is 0.526. The molecule has 1 aliphatic heterocycles. The van der Waals surface area contributed by atoms with Gasteiger partial charge in [-0.2, -0.15) is 0 Å². The molecule has 0 aliphatic carbocycles. The molecule has 1 aromatic carbocycles. The SMILES string of the molecule is CCCNC(=O)CSc1nnc(CN2CCCCC2)n1-c1ccc(F)cc1. The molecular weight excluding hydrogens is 365 g/mol. The molecule has 2 aromatic rings. The van der Waals surface area contributed by atoms with E-state index in [9.17, 15) is 9.18 Å². The van der Waals surface area contributed by atoms with Crippen molar-refractivity contribution < 1.29 is 9.18 Å². The van der Waals surface area contributed by atoms with Crippen molar-refractivity contribution in [1.82, 2.24) is 25.0 Å². The first-order chi connectivity index (χ1) is 13.2. The lowest BCUT2D eigenvalue weighted by atomic mass is 10.1. The van der Waals surface area contributed by atoms with Gasteiger partial charge in [-0.3, -0.25) is 14.3 Å². The van der Waals surface area contributed by atoms with Gasteiger partial charge in [-0.05, 0) is 56.6 Å². The molecule has 0 bridgehead atoms. The monoisotopic (exact) mass is 391 g/mol. The van der Waals surface area contributed by atoms with Gasteiger partial charge in [0.05, 0.1) is 12.3 Å². The maximum atomic E-state index is 13.4. The number of carbonyl (C=O) groups excluding carboxylic acids is 1. The molecule has 1 aromatic heterocycles. The Bertz CT molecular complexity index is 743. The number of benzene rings is 1. The minimum atomic E-state index is -0.280. The number of nitrogens with one attached hydrogen (secondary N) is 1. The number of piperidine rings is 1. The zero-order valence-electron chi connectivity index (χ0n) is 15.7. The van der Waals surface area contributed by atoms with Crippen LogP contribution in [0.2, 0.25) is 0 Å². The Morgan fingerprint density at radius 1 is 1.19 bits per heavy atom. The minimum absolute atomic E-state index is 0.0203. The molecule has 1 fully saturated rings. The second kappa shape index (κ2) is 9.85. The normalized spacial score (nSPS) is 15.0. The van der Waals surface area contributed by atoms with E-state index in [1.54, 1.807) is 12.1 Å². The molecule has 146 valence electrons. The first-order valence-corrected chi connectivity index (χ1v) is 10.5. The van der Waals surface area contributed by atoms with E-state index >= 15 is 0 Å². The highest BCUT2D eigenvalue weighted by Crippen LogP contribution is 2.24. The average Bonchev–Trinajstić information content (AvgIpc) is 3.08. The number of hydrogen-bond acceptors (Lipinski definition) is 5. The van der Waals surface area contributed by atoms with E-state index in [-0.39, 0.29) is 17.5 Å². The van der Waals surface area contributed by atoms with Crippen molar-refractivity contribution in [2.45, 2.75) is 44.3 Å². The van der Waals surface area contributed by atoms with Crippen LogP contribution >= 0.6 is 11.8 Å². The fourth-order valence-corrected chi connectivity index (χ4v) is 3.91. The molecule has 0 saturated carbocycles. The van der Waals surface area contributed by atoms with Gasteiger partial charge in [-0.15, -0.1) is 10.2 Å². The number of carbonyl (C=O) groups is 1. The van der Waals surface area contributed by atoms with Crippen LogP contribution < -0.4 is 5.32 Å². The summed E-state index contributed by atoms with van der Waals surface area (Å²) < 4.78 is 15.3. The molecule has 0 spiro atoms. The quantitative estimate of drug-likeness (QED) is 0.701. The molecule has 0 unspecified atom stereocenters. The number of thioether (sulfide) groups is 1. The molecule has 27 heavy (non-hydrogen) atoms. The number of halogens is 1. The van der Waals surface area contributed by atoms with Crippen molar-refractivity contribution in [3.63, 3.8) is 0 Å². The molecule has 2 heterocycles. The smallest absolute Gasteiger partial charge is 0.230 e. The van der Waals surface area contributed by atoms with E-state index in [2.05, 4.69) is 20.4 Å². The minimum Gasteiger partial charge on any atom is -0.355 e. The van der Waals surface area contributed by atoms with Crippen LogP contribution in [0.4, 0.5) is 4.39 Å². The van der Waals surface area contributed by atoms with Gasteiger partial charge in [-0.25, -0.2) is 4.39 Å². The second-order valence-corrected chi connectivity index (χ2v) is 7.63. The fourth-order valence-electron chi connectivity index (χ4n) is 3.11. The molecule has 1 N–H and O–H groups in total. The average molecular weight is 392 g/mol. The van der Waals surface area contributed by atoms with Crippen molar-refractivity contribution in [1.29, 1.82) is 0 Å². The first kappa shape index (κ1) is 19.8. The Kier molecular flexibility index (Phi) is 7.23. The second-order valence-electron chi connectivity index (χ2n) is 6.69. The van der Waals surface area contributed by atoms with E-state index in [0.717, 1.165) is 31.0 Å². The van der Waals surface area contributed by atoms with Crippen LogP contribution in [-0.4, -0.2) is 51.0 Å². The molecule has 1 aliphatic rings. The van der Waals surface area contributed by atoms with Crippen molar-refractivity contribution in [3.8, 4) is 5.69 Å². The highest BCUT2D eigenvalue weighted by Gasteiger charge is 2.19. The molecule has 8 heteroatoms. The van der Waals surface area contributed by atoms with Crippen molar-refractivity contribution in [2.24, 2.45) is 0 Å². The predicted octanol–water partition coefficient (Wildman–Crippen LogP) is 3.01. The van der Waals surface area contributed by atoms with Gasteiger partial charge in [-0.1, -0.05) is 25.1 Å². The van der Waals surface area contributed by atoms with Crippen molar-refractivity contribution in [3.05, 3.63) is 35.9 Å². The highest BCUT2D eigenvalue weighted by atomic mass is 32.2. The molecular formula is C19H26FN5OS. The zero-order chi connectivity index (χ0) is 19.1. The van der Waals surface area contributed by atoms with E-state index in [0.29, 0.717) is 18.2 Å². The number of rotatable bonds is 8. The van der Waals surface area contributed by atoms with Gasteiger partial charge in [0, 0.05) is 12.2 Å². The predicted molar refractivity (Wildman–Crippen MR) is 104 cm³/mol. The number of likely N-dealkylation sites (tertiary alicyclic amines) is 1. The zero-order valence-corrected chi connectivity index (χ0v) is 16.5. The van der Waals surface area contributed by atoms with Gasteiger partial charge in [0.15, 0.2) is 11.0 Å². The summed E-state index contributed by atoms with van der Waals surface area (Å²) in [7, 11) is 0. The third-order valence-electron chi connectivity index (χ3n) is 4.50. The van der Waals surface area contributed by atoms with E-state index in [4.69, 9.17) is 0 Å². The molecule has 1 saturated heterocycles. The molecule has 6 nitrogen and oxygen atoms in total. The summed E-state index contributed by atoms with van der Waals surface area (Å²) in [5, 5.41) is 12.2. The summed E-state index contributed by atoms with van der Waals surface area (Å²) in [5.41, 5.74) is 0.810. The Morgan fingerprint density at radius 3 is 2.63 bits per heavy atom. The van der Waals surface area contributed by atoms with Gasteiger partial charge < -0.3 is 5.32 Å². The lowest BCUT2D eigenvalue weighted by Crippen LogP contribution is -2.30. The first-order valence-electron chi connectivity index (χ1n) is 9.49. The standard InChI is InChI=1S/C19H26FN5OS/c1-2-10-21-18(26)14-27-19-23-22-17(13-24-11-4-3-5-12-24)25(19)16-8-6-15(20)7-9-16/h6-9H,2-5,10-14H2,1H3,(H,21,26). The van der Waals surface area contributed by atoms with Crippen molar-refractivity contribution >= 4 is 17.7 Å². The summed E-state index contributed by atoms with van der Waals surface area (Å²) in [6, 6.07) is 6.31. The highest BCUT2D eigenvalue weighted by molar-refractivity contribution is 7.99. The maximum Gasteiger partial charge on any atom is 0.230 e. The van der Waals surface area contributed by atoms with Crippen LogP contribution in [0, 0.1) is 5.82 Å². The Labute approximate surface area is 163 Å². The van der Waals surface area contributed by atoms with Gasteiger partial charge in [0.1, 0.15) is 5.82 Å². The summed E-state index contributed by atoms with van der Waals surface area (Å²) >= 11 is 1.35. The van der Waals surface area contributed by atoms with Crippen LogP contribution in [0.15, 0.2) is 29.4 Å². The number of hydrogen-bond donors (Lipinski definition) is 1. The molecule has 0 radical (unpaired) electrons. The molecule has 3 rings (SSSR count). The van der Waals surface area contributed by atoms with E-state index < -0.39 is 0 Å². The largest absolute Gasteiger partial charge is 0.355 e. The number of amides is 1. The third-order valence-corrected chi connectivity index (χ3v) is 5.43. The summed E-state index contributed by atoms with van der Waals surface area (Å²) in [6.45, 7) is 5.50.